The van der Waals surface area contributed by atoms with Crippen LogP contribution >= 0.6 is 11.8 Å². The third-order valence-corrected chi connectivity index (χ3v) is 5.14. The van der Waals surface area contributed by atoms with E-state index in [1.165, 1.54) is 17.8 Å². The van der Waals surface area contributed by atoms with E-state index in [0.29, 0.717) is 23.9 Å². The number of benzene rings is 2. The molecule has 0 radical (unpaired) electrons. The Balaban J connectivity index is 1.52. The number of fused-ring (bicyclic) bond motifs is 1. The van der Waals surface area contributed by atoms with Gasteiger partial charge in [-0.1, -0.05) is 42.1 Å². The summed E-state index contributed by atoms with van der Waals surface area (Å²) in [5.41, 5.74) is 1.11. The molecule has 9 heteroatoms. The van der Waals surface area contributed by atoms with Gasteiger partial charge in [0.25, 0.3) is 5.91 Å². The Bertz CT molecular complexity index is 997. The molecule has 0 bridgehead atoms. The molecule has 1 amide bonds. The summed E-state index contributed by atoms with van der Waals surface area (Å²) in [6.07, 6.45) is 0.668. The molecule has 28 heavy (non-hydrogen) atoms. The van der Waals surface area contributed by atoms with Gasteiger partial charge in [0.15, 0.2) is 17.4 Å². The molecule has 3 aromatic rings. The van der Waals surface area contributed by atoms with Crippen molar-refractivity contribution >= 4 is 17.7 Å². The van der Waals surface area contributed by atoms with Crippen LogP contribution < -0.4 is 9.75 Å². The minimum absolute atomic E-state index is 0.0672. The van der Waals surface area contributed by atoms with Gasteiger partial charge in [0.05, 0.1) is 5.75 Å². The fraction of sp³-hybridized carbons (Fsp3) is 0.211. The maximum atomic E-state index is 13.8. The van der Waals surface area contributed by atoms with Crippen molar-refractivity contribution in [2.24, 2.45) is 0 Å². The molecule has 0 unspecified atom stereocenters. The van der Waals surface area contributed by atoms with E-state index in [-0.39, 0.29) is 24.0 Å². The maximum absolute atomic E-state index is 13.8. The lowest BCUT2D eigenvalue weighted by molar-refractivity contribution is -0.118. The summed E-state index contributed by atoms with van der Waals surface area (Å²) in [4.78, 5) is 12.5. The van der Waals surface area contributed by atoms with Gasteiger partial charge in [-0.3, -0.25) is 4.79 Å². The lowest BCUT2D eigenvalue weighted by Crippen LogP contribution is -2.47. The first-order valence-electron chi connectivity index (χ1n) is 8.61. The molecule has 0 spiro atoms. The standard InChI is InChI=1S/C19H16F2N4O2S/c20-14-6-7-16(15(21)10-14)27-11-17-22-23-19-25(17)24(18(26)12-28-19)9-8-13-4-2-1-3-5-13/h1-7,10H,8-9,11-12H2. The van der Waals surface area contributed by atoms with Gasteiger partial charge in [-0.2, -0.15) is 0 Å². The number of aromatic nitrogens is 3. The van der Waals surface area contributed by atoms with Gasteiger partial charge in [-0.25, -0.2) is 18.5 Å². The van der Waals surface area contributed by atoms with E-state index in [1.54, 1.807) is 9.69 Å². The van der Waals surface area contributed by atoms with Crippen LogP contribution in [0.25, 0.3) is 0 Å². The quantitative estimate of drug-likeness (QED) is 0.635. The van der Waals surface area contributed by atoms with Gasteiger partial charge in [-0.15, -0.1) is 10.2 Å². The van der Waals surface area contributed by atoms with Crippen molar-refractivity contribution < 1.29 is 18.3 Å². The van der Waals surface area contributed by atoms with Gasteiger partial charge in [0.2, 0.25) is 5.16 Å². The van der Waals surface area contributed by atoms with Gasteiger partial charge >= 0.3 is 0 Å². The number of hydrogen-bond donors (Lipinski definition) is 0. The van der Waals surface area contributed by atoms with Crippen molar-refractivity contribution in [1.82, 2.24) is 14.9 Å². The van der Waals surface area contributed by atoms with Crippen LogP contribution in [0.3, 0.4) is 0 Å². The molecule has 2 heterocycles. The van der Waals surface area contributed by atoms with Gasteiger partial charge in [-0.05, 0) is 24.1 Å². The fourth-order valence-electron chi connectivity index (χ4n) is 2.87. The zero-order valence-electron chi connectivity index (χ0n) is 14.7. The average Bonchev–Trinajstić information content (AvgIpc) is 3.10. The molecule has 0 saturated heterocycles. The van der Waals surface area contributed by atoms with Crippen molar-refractivity contribution in [3.8, 4) is 5.75 Å². The van der Waals surface area contributed by atoms with E-state index in [4.69, 9.17) is 4.74 Å². The van der Waals surface area contributed by atoms with E-state index < -0.39 is 11.6 Å². The number of nitrogens with zero attached hydrogens (tertiary/aromatic N) is 4. The number of thioether (sulfide) groups is 1. The number of ether oxygens (including phenoxy) is 1. The Kier molecular flexibility index (Phi) is 5.25. The lowest BCUT2D eigenvalue weighted by atomic mass is 10.1. The highest BCUT2D eigenvalue weighted by atomic mass is 32.2. The molecule has 0 N–H and O–H groups in total. The molecule has 0 fully saturated rings. The summed E-state index contributed by atoms with van der Waals surface area (Å²) >= 11 is 1.29. The summed E-state index contributed by atoms with van der Waals surface area (Å²) in [5.74, 6) is -0.997. The number of hydrogen-bond acceptors (Lipinski definition) is 5. The van der Waals surface area contributed by atoms with Gasteiger partial charge < -0.3 is 4.74 Å². The number of carbonyl (C=O) groups is 1. The van der Waals surface area contributed by atoms with Crippen LogP contribution in [-0.2, 0) is 17.8 Å². The zero-order valence-corrected chi connectivity index (χ0v) is 15.5. The molecule has 0 aliphatic carbocycles. The number of halogens is 2. The first kappa shape index (κ1) is 18.4. The smallest absolute Gasteiger partial charge is 0.251 e. The van der Waals surface area contributed by atoms with E-state index in [1.807, 2.05) is 30.3 Å². The second kappa shape index (κ2) is 7.97. The van der Waals surface area contributed by atoms with Crippen LogP contribution in [0, 0.1) is 11.6 Å². The van der Waals surface area contributed by atoms with Crippen molar-refractivity contribution in [2.75, 3.05) is 17.3 Å². The van der Waals surface area contributed by atoms with Crippen LogP contribution in [-0.4, -0.2) is 33.1 Å². The fourth-order valence-corrected chi connectivity index (χ4v) is 3.70. The predicted molar refractivity (Wildman–Crippen MR) is 99.7 cm³/mol. The largest absolute Gasteiger partial charge is 0.482 e. The molecule has 2 aromatic carbocycles. The third-order valence-electron chi connectivity index (χ3n) is 4.24. The Morgan fingerprint density at radius 2 is 1.93 bits per heavy atom. The zero-order chi connectivity index (χ0) is 19.5. The van der Waals surface area contributed by atoms with Crippen LogP contribution in [0.5, 0.6) is 5.75 Å². The molecule has 0 saturated carbocycles. The molecule has 6 nitrogen and oxygen atoms in total. The lowest BCUT2D eigenvalue weighted by Gasteiger charge is -2.29. The Morgan fingerprint density at radius 1 is 1.11 bits per heavy atom. The highest BCUT2D eigenvalue weighted by Crippen LogP contribution is 2.25. The molecular formula is C19H16F2N4O2S. The van der Waals surface area contributed by atoms with Crippen LogP contribution in [0.4, 0.5) is 8.78 Å². The van der Waals surface area contributed by atoms with E-state index in [0.717, 1.165) is 17.7 Å². The first-order chi connectivity index (χ1) is 13.6. The van der Waals surface area contributed by atoms with E-state index >= 15 is 0 Å². The third kappa shape index (κ3) is 3.84. The molecule has 1 aliphatic heterocycles. The molecule has 1 aromatic heterocycles. The molecule has 0 atom stereocenters. The summed E-state index contributed by atoms with van der Waals surface area (Å²) in [5, 5.41) is 10.3. The predicted octanol–water partition coefficient (Wildman–Crippen LogP) is 2.95. The molecule has 144 valence electrons. The molecular weight excluding hydrogens is 386 g/mol. The average molecular weight is 402 g/mol. The van der Waals surface area contributed by atoms with Crippen molar-refractivity contribution in [3.63, 3.8) is 0 Å². The van der Waals surface area contributed by atoms with E-state index in [9.17, 15) is 13.6 Å². The number of carbonyl (C=O) groups excluding carboxylic acids is 1. The second-order valence-corrected chi connectivity index (χ2v) is 7.06. The number of amides is 1. The summed E-state index contributed by atoms with van der Waals surface area (Å²) in [6, 6.07) is 12.9. The van der Waals surface area contributed by atoms with E-state index in [2.05, 4.69) is 10.2 Å². The SMILES string of the molecule is O=C1CSc2nnc(COc3ccc(F)cc3F)n2N1CCc1ccccc1. The monoisotopic (exact) mass is 402 g/mol. The summed E-state index contributed by atoms with van der Waals surface area (Å²) in [7, 11) is 0. The van der Waals surface area contributed by atoms with Crippen LogP contribution in [0.1, 0.15) is 11.4 Å². The van der Waals surface area contributed by atoms with Crippen LogP contribution in [0.15, 0.2) is 53.7 Å². The summed E-state index contributed by atoms with van der Waals surface area (Å²) < 4.78 is 33.9. The van der Waals surface area contributed by atoms with Crippen molar-refractivity contribution in [3.05, 3.63) is 71.6 Å². The minimum Gasteiger partial charge on any atom is -0.482 e. The van der Waals surface area contributed by atoms with Crippen molar-refractivity contribution in [2.45, 2.75) is 18.2 Å². The number of rotatable bonds is 6. The first-order valence-corrected chi connectivity index (χ1v) is 9.60. The topological polar surface area (TPSA) is 60.2 Å². The van der Waals surface area contributed by atoms with Gasteiger partial charge in [0, 0.05) is 12.6 Å². The highest BCUT2D eigenvalue weighted by molar-refractivity contribution is 7.99. The van der Waals surface area contributed by atoms with Gasteiger partial charge in [0.1, 0.15) is 12.4 Å². The molecule has 4 rings (SSSR count). The highest BCUT2D eigenvalue weighted by Gasteiger charge is 2.29. The Hall–Kier alpha value is -2.94. The summed E-state index contributed by atoms with van der Waals surface area (Å²) in [6.45, 7) is 0.345. The van der Waals surface area contributed by atoms with Crippen molar-refractivity contribution in [1.29, 1.82) is 0 Å². The second-order valence-electron chi connectivity index (χ2n) is 6.12. The minimum atomic E-state index is -0.801. The normalized spacial score (nSPS) is 13.5. The molecule has 1 aliphatic rings. The Morgan fingerprint density at radius 3 is 2.71 bits per heavy atom. The maximum Gasteiger partial charge on any atom is 0.251 e. The van der Waals surface area contributed by atoms with Crippen LogP contribution in [0.2, 0.25) is 0 Å². The Labute approximate surface area is 164 Å².